The fourth-order valence-electron chi connectivity index (χ4n) is 3.81. The smallest absolute Gasteiger partial charge is 0.293 e. The summed E-state index contributed by atoms with van der Waals surface area (Å²) in [6.45, 7) is 11.3. The second-order valence-electron chi connectivity index (χ2n) is 7.22. The van der Waals surface area contributed by atoms with E-state index in [0.717, 1.165) is 25.8 Å². The van der Waals surface area contributed by atoms with Gasteiger partial charge in [-0.3, -0.25) is 4.79 Å². The van der Waals surface area contributed by atoms with Gasteiger partial charge in [0.1, 0.15) is 6.54 Å². The predicted octanol–water partition coefficient (Wildman–Crippen LogP) is 4.90. The fourth-order valence-corrected chi connectivity index (χ4v) is 3.81. The Morgan fingerprint density at radius 1 is 1.17 bits per heavy atom. The molecule has 1 aliphatic heterocycles. The summed E-state index contributed by atoms with van der Waals surface area (Å²) in [5.74, 6) is 0. The van der Waals surface area contributed by atoms with Gasteiger partial charge in [-0.15, -0.1) is 0 Å². The molecule has 2 rings (SSSR count). The molecular formula is C21H32NO2+. The summed E-state index contributed by atoms with van der Waals surface area (Å²) in [7, 11) is 0. The van der Waals surface area contributed by atoms with Crippen molar-refractivity contribution in [2.75, 3.05) is 13.2 Å². The van der Waals surface area contributed by atoms with Crippen LogP contribution in [0.15, 0.2) is 18.2 Å². The molecule has 1 aliphatic rings. The Morgan fingerprint density at radius 2 is 1.96 bits per heavy atom. The molecule has 1 aromatic carbocycles. The van der Waals surface area contributed by atoms with Gasteiger partial charge in [0.05, 0.1) is 12.0 Å². The molecule has 132 valence electrons. The van der Waals surface area contributed by atoms with Crippen molar-refractivity contribution in [3.8, 4) is 0 Å². The Labute approximate surface area is 146 Å². The van der Waals surface area contributed by atoms with E-state index in [2.05, 4.69) is 50.5 Å². The van der Waals surface area contributed by atoms with Crippen LogP contribution in [-0.2, 0) is 14.9 Å². The van der Waals surface area contributed by atoms with E-state index in [4.69, 9.17) is 4.74 Å². The largest absolute Gasteiger partial charge is 0.468 e. The van der Waals surface area contributed by atoms with E-state index >= 15 is 0 Å². The van der Waals surface area contributed by atoms with Crippen LogP contribution in [0.25, 0.3) is 0 Å². The second-order valence-corrected chi connectivity index (χ2v) is 7.22. The number of carbonyl (C=O) groups excluding carboxylic acids is 1. The molecule has 0 aliphatic carbocycles. The molecule has 1 atom stereocenters. The second kappa shape index (κ2) is 8.46. The van der Waals surface area contributed by atoms with Crippen molar-refractivity contribution in [2.45, 2.75) is 71.6 Å². The average molecular weight is 330 g/mol. The lowest BCUT2D eigenvalue weighted by molar-refractivity contribution is -0.439. The van der Waals surface area contributed by atoms with Crippen molar-refractivity contribution in [2.24, 2.45) is 0 Å². The average Bonchev–Trinajstić information content (AvgIpc) is 2.78. The molecule has 0 bridgehead atoms. The molecule has 0 aromatic heterocycles. The van der Waals surface area contributed by atoms with Crippen molar-refractivity contribution in [1.82, 2.24) is 0 Å². The van der Waals surface area contributed by atoms with Crippen molar-refractivity contribution in [3.05, 3.63) is 29.3 Å². The van der Waals surface area contributed by atoms with Gasteiger partial charge in [0.25, 0.3) is 6.47 Å². The lowest BCUT2D eigenvalue weighted by atomic mass is 9.75. The highest BCUT2D eigenvalue weighted by Gasteiger charge is 2.45. The van der Waals surface area contributed by atoms with Gasteiger partial charge in [-0.25, -0.2) is 0 Å². The van der Waals surface area contributed by atoms with Gasteiger partial charge in [0, 0.05) is 25.0 Å². The molecule has 0 spiro atoms. The van der Waals surface area contributed by atoms with Gasteiger partial charge in [0.15, 0.2) is 5.71 Å². The normalized spacial score (nSPS) is 19.5. The number of hydrogen-bond acceptors (Lipinski definition) is 2. The highest BCUT2D eigenvalue weighted by Crippen LogP contribution is 2.43. The lowest BCUT2D eigenvalue weighted by Crippen LogP contribution is -2.30. The van der Waals surface area contributed by atoms with Gasteiger partial charge < -0.3 is 4.74 Å². The van der Waals surface area contributed by atoms with Crippen molar-refractivity contribution < 1.29 is 14.1 Å². The molecule has 0 saturated carbocycles. The van der Waals surface area contributed by atoms with Crippen LogP contribution in [0.1, 0.15) is 70.4 Å². The van der Waals surface area contributed by atoms with Crippen LogP contribution in [-0.4, -0.2) is 29.9 Å². The van der Waals surface area contributed by atoms with Gasteiger partial charge in [0.2, 0.25) is 5.69 Å². The van der Waals surface area contributed by atoms with Gasteiger partial charge in [-0.05, 0) is 39.2 Å². The van der Waals surface area contributed by atoms with Crippen LogP contribution in [0, 0.1) is 6.92 Å². The van der Waals surface area contributed by atoms with Crippen LogP contribution in [0.3, 0.4) is 0 Å². The minimum absolute atomic E-state index is 0.165. The molecule has 3 heteroatoms. The zero-order valence-electron chi connectivity index (χ0n) is 15.7. The fraction of sp³-hybridized carbons (Fsp3) is 0.619. The molecule has 0 fully saturated rings. The maximum atomic E-state index is 10.2. The molecular weight excluding hydrogens is 298 g/mol. The molecule has 0 N–H and O–H groups in total. The molecule has 1 aromatic rings. The van der Waals surface area contributed by atoms with Gasteiger partial charge >= 0.3 is 0 Å². The summed E-state index contributed by atoms with van der Waals surface area (Å²) < 4.78 is 7.29. The zero-order valence-corrected chi connectivity index (χ0v) is 15.7. The first kappa shape index (κ1) is 18.7. The van der Waals surface area contributed by atoms with Crippen molar-refractivity contribution in [3.63, 3.8) is 0 Å². The van der Waals surface area contributed by atoms with Crippen molar-refractivity contribution in [1.29, 1.82) is 0 Å². The standard InChI is InChI=1S/C21H32NO2/c1-5-6-12-21(4)18(3)22(13-8-7-9-14-24-16-23)20-11-10-17(2)15-19(20)21/h10-11,15-16H,5-9,12-14H2,1-4H3/q+1. The van der Waals surface area contributed by atoms with E-state index in [-0.39, 0.29) is 5.41 Å². The number of fused-ring (bicyclic) bond motifs is 1. The minimum atomic E-state index is 0.165. The van der Waals surface area contributed by atoms with Crippen LogP contribution < -0.4 is 0 Å². The Bertz CT molecular complexity index is 606. The number of ether oxygens (including phenoxy) is 1. The minimum Gasteiger partial charge on any atom is -0.468 e. The van der Waals surface area contributed by atoms with Crippen LogP contribution in [0.2, 0.25) is 0 Å². The number of nitrogens with zero attached hydrogens (tertiary/aromatic N) is 1. The third-order valence-corrected chi connectivity index (χ3v) is 5.48. The molecule has 3 nitrogen and oxygen atoms in total. The SMILES string of the molecule is CCCCC1(C)C(C)=[N+](CCCCCOC=O)c2ccc(C)cc21. The van der Waals surface area contributed by atoms with E-state index in [1.165, 1.54) is 41.8 Å². The molecule has 0 radical (unpaired) electrons. The van der Waals surface area contributed by atoms with E-state index in [0.29, 0.717) is 13.1 Å². The topological polar surface area (TPSA) is 29.3 Å². The Balaban J connectivity index is 2.15. The summed E-state index contributed by atoms with van der Waals surface area (Å²) in [6, 6.07) is 6.90. The van der Waals surface area contributed by atoms with E-state index in [9.17, 15) is 4.79 Å². The lowest BCUT2D eigenvalue weighted by Gasteiger charge is -2.22. The molecule has 1 unspecified atom stereocenters. The number of hydrogen-bond donors (Lipinski definition) is 0. The number of carbonyl (C=O) groups is 1. The monoisotopic (exact) mass is 330 g/mol. The summed E-state index contributed by atoms with van der Waals surface area (Å²) in [5, 5.41) is 0. The summed E-state index contributed by atoms with van der Waals surface area (Å²) in [6.07, 6.45) is 6.87. The van der Waals surface area contributed by atoms with Crippen LogP contribution in [0.5, 0.6) is 0 Å². The molecule has 24 heavy (non-hydrogen) atoms. The first-order chi connectivity index (χ1) is 11.5. The highest BCUT2D eigenvalue weighted by molar-refractivity contribution is 5.93. The molecule has 0 saturated heterocycles. The Kier molecular flexibility index (Phi) is 6.59. The molecule has 0 amide bonds. The first-order valence-corrected chi connectivity index (χ1v) is 9.32. The van der Waals surface area contributed by atoms with Gasteiger partial charge in [-0.2, -0.15) is 4.58 Å². The zero-order chi connectivity index (χ0) is 17.6. The van der Waals surface area contributed by atoms with Gasteiger partial charge in [-0.1, -0.05) is 31.4 Å². The Hall–Kier alpha value is -1.64. The summed E-state index contributed by atoms with van der Waals surface area (Å²) >= 11 is 0. The summed E-state index contributed by atoms with van der Waals surface area (Å²) in [5.41, 5.74) is 5.88. The van der Waals surface area contributed by atoms with Crippen molar-refractivity contribution >= 4 is 17.9 Å². The van der Waals surface area contributed by atoms with Crippen LogP contribution >= 0.6 is 0 Å². The number of aryl methyl sites for hydroxylation is 1. The van der Waals surface area contributed by atoms with E-state index < -0.39 is 0 Å². The maximum Gasteiger partial charge on any atom is 0.293 e. The summed E-state index contributed by atoms with van der Waals surface area (Å²) in [4.78, 5) is 10.2. The van der Waals surface area contributed by atoms with Crippen LogP contribution in [0.4, 0.5) is 5.69 Å². The number of benzene rings is 1. The first-order valence-electron chi connectivity index (χ1n) is 9.32. The predicted molar refractivity (Wildman–Crippen MR) is 99.4 cm³/mol. The third kappa shape index (κ3) is 3.88. The Morgan fingerprint density at radius 3 is 2.67 bits per heavy atom. The quantitative estimate of drug-likeness (QED) is 0.347. The highest BCUT2D eigenvalue weighted by atomic mass is 16.5. The number of rotatable bonds is 10. The van der Waals surface area contributed by atoms with E-state index in [1.807, 2.05) is 0 Å². The van der Waals surface area contributed by atoms with E-state index in [1.54, 1.807) is 0 Å². The number of unbranched alkanes of at least 4 members (excludes halogenated alkanes) is 3. The molecule has 1 heterocycles. The maximum absolute atomic E-state index is 10.2. The third-order valence-electron chi connectivity index (χ3n) is 5.48.